The van der Waals surface area contributed by atoms with E-state index in [9.17, 15) is 4.79 Å². The zero-order valence-corrected chi connectivity index (χ0v) is 14.7. The molecule has 2 aliphatic heterocycles. The van der Waals surface area contributed by atoms with Crippen molar-refractivity contribution in [2.24, 2.45) is 11.7 Å². The van der Waals surface area contributed by atoms with Gasteiger partial charge in [-0.1, -0.05) is 30.3 Å². The van der Waals surface area contributed by atoms with Crippen LogP contribution in [-0.4, -0.2) is 50.0 Å². The van der Waals surface area contributed by atoms with Crippen LogP contribution in [0.3, 0.4) is 0 Å². The van der Waals surface area contributed by atoms with Crippen LogP contribution in [0.2, 0.25) is 0 Å². The second kappa shape index (κ2) is 7.39. The second-order valence-corrected chi connectivity index (χ2v) is 6.71. The maximum Gasteiger partial charge on any atom is 0.313 e. The van der Waals surface area contributed by atoms with Crippen LogP contribution in [0.25, 0.3) is 0 Å². The van der Waals surface area contributed by atoms with E-state index in [4.69, 9.17) is 29.4 Å². The van der Waals surface area contributed by atoms with Crippen LogP contribution in [0.1, 0.15) is 19.4 Å². The Hall–Kier alpha value is -1.51. The lowest BCUT2D eigenvalue weighted by Crippen LogP contribution is -2.45. The largest absolute Gasteiger partial charge is 0.460 e. The van der Waals surface area contributed by atoms with E-state index in [0.29, 0.717) is 0 Å². The van der Waals surface area contributed by atoms with Crippen molar-refractivity contribution in [3.8, 4) is 0 Å². The Morgan fingerprint density at radius 1 is 1.28 bits per heavy atom. The molecular weight excluding hydrogens is 326 g/mol. The molecule has 0 aliphatic carbocycles. The highest BCUT2D eigenvalue weighted by Gasteiger charge is 2.57. The molecule has 0 aromatic heterocycles. The molecule has 2 heterocycles. The van der Waals surface area contributed by atoms with Gasteiger partial charge in [0.25, 0.3) is 0 Å². The van der Waals surface area contributed by atoms with Gasteiger partial charge in [0.1, 0.15) is 24.9 Å². The fourth-order valence-electron chi connectivity index (χ4n) is 3.30. The van der Waals surface area contributed by atoms with Crippen molar-refractivity contribution in [2.75, 3.05) is 13.7 Å². The normalized spacial score (nSPS) is 31.5. The minimum absolute atomic E-state index is 0.0843. The summed E-state index contributed by atoms with van der Waals surface area (Å²) in [4.78, 5) is 12.5. The third kappa shape index (κ3) is 3.86. The average molecular weight is 351 g/mol. The number of hydrogen-bond donors (Lipinski definition) is 1. The first-order valence-corrected chi connectivity index (χ1v) is 8.39. The van der Waals surface area contributed by atoms with E-state index in [-0.39, 0.29) is 13.2 Å². The van der Waals surface area contributed by atoms with Crippen molar-refractivity contribution in [1.82, 2.24) is 0 Å². The number of hydrogen-bond acceptors (Lipinski definition) is 7. The lowest BCUT2D eigenvalue weighted by Gasteiger charge is -2.28. The van der Waals surface area contributed by atoms with Gasteiger partial charge in [0, 0.05) is 13.7 Å². The van der Waals surface area contributed by atoms with Crippen LogP contribution in [0.4, 0.5) is 0 Å². The minimum Gasteiger partial charge on any atom is -0.460 e. The summed E-state index contributed by atoms with van der Waals surface area (Å²) >= 11 is 0. The Bertz CT molecular complexity index is 592. The lowest BCUT2D eigenvalue weighted by atomic mass is 9.96. The predicted octanol–water partition coefficient (Wildman–Crippen LogP) is 1.20. The Balaban J connectivity index is 1.65. The Morgan fingerprint density at radius 3 is 2.64 bits per heavy atom. The zero-order chi connectivity index (χ0) is 18.0. The fraction of sp³-hybridized carbons (Fsp3) is 0.611. The van der Waals surface area contributed by atoms with Gasteiger partial charge in [0.15, 0.2) is 12.1 Å². The van der Waals surface area contributed by atoms with E-state index in [0.717, 1.165) is 5.56 Å². The second-order valence-electron chi connectivity index (χ2n) is 6.71. The van der Waals surface area contributed by atoms with Crippen molar-refractivity contribution >= 4 is 5.97 Å². The topological polar surface area (TPSA) is 89.2 Å². The maximum absolute atomic E-state index is 12.5. The van der Waals surface area contributed by atoms with Crippen molar-refractivity contribution in [2.45, 2.75) is 50.8 Å². The van der Waals surface area contributed by atoms with E-state index < -0.39 is 42.3 Å². The summed E-state index contributed by atoms with van der Waals surface area (Å²) in [5.41, 5.74) is 6.73. The lowest BCUT2D eigenvalue weighted by molar-refractivity contribution is -0.223. The summed E-state index contributed by atoms with van der Waals surface area (Å²) in [6.07, 6.45) is -2.02. The van der Waals surface area contributed by atoms with Gasteiger partial charge < -0.3 is 29.4 Å². The number of carbonyl (C=O) groups is 1. The van der Waals surface area contributed by atoms with Crippen LogP contribution in [0.5, 0.6) is 0 Å². The van der Waals surface area contributed by atoms with Crippen molar-refractivity contribution in [3.05, 3.63) is 35.9 Å². The van der Waals surface area contributed by atoms with Gasteiger partial charge in [0.2, 0.25) is 0 Å². The number of esters is 1. The van der Waals surface area contributed by atoms with E-state index in [1.165, 1.54) is 0 Å². The third-order valence-electron chi connectivity index (χ3n) is 4.48. The van der Waals surface area contributed by atoms with E-state index in [1.54, 1.807) is 7.11 Å². The first-order chi connectivity index (χ1) is 11.9. The summed E-state index contributed by atoms with van der Waals surface area (Å²) < 4.78 is 28.4. The molecule has 138 valence electrons. The maximum atomic E-state index is 12.5. The molecule has 0 saturated carbocycles. The van der Waals surface area contributed by atoms with Gasteiger partial charge in [-0.3, -0.25) is 4.79 Å². The number of rotatable bonds is 6. The molecule has 0 amide bonds. The van der Waals surface area contributed by atoms with Gasteiger partial charge in [-0.2, -0.15) is 0 Å². The van der Waals surface area contributed by atoms with Crippen LogP contribution in [-0.2, 0) is 35.1 Å². The van der Waals surface area contributed by atoms with Crippen LogP contribution in [0, 0.1) is 5.92 Å². The molecule has 0 radical (unpaired) electrons. The standard InChI is InChI=1S/C18H25NO6/c1-18(2)24-15-14(21-3)13(23-17(15)25-18)12(9-19)16(20)22-10-11-7-5-4-6-8-11/h4-8,12-15,17H,9-10,19H2,1-3H3/t12-,13-,14+,15-,17-/m1/s1. The van der Waals surface area contributed by atoms with Gasteiger partial charge in [-0.05, 0) is 19.4 Å². The van der Waals surface area contributed by atoms with E-state index >= 15 is 0 Å². The van der Waals surface area contributed by atoms with Crippen molar-refractivity contribution in [3.63, 3.8) is 0 Å². The first kappa shape index (κ1) is 18.3. The van der Waals surface area contributed by atoms with Crippen molar-refractivity contribution in [1.29, 1.82) is 0 Å². The summed E-state index contributed by atoms with van der Waals surface area (Å²) in [6.45, 7) is 3.89. The highest BCUT2D eigenvalue weighted by atomic mass is 16.8. The average Bonchev–Trinajstić information content (AvgIpc) is 3.05. The number of carbonyl (C=O) groups excluding carboxylic acids is 1. The number of ether oxygens (including phenoxy) is 5. The van der Waals surface area contributed by atoms with Gasteiger partial charge in [0.05, 0.1) is 5.92 Å². The quantitative estimate of drug-likeness (QED) is 0.770. The molecule has 3 rings (SSSR count). The molecule has 7 heteroatoms. The van der Waals surface area contributed by atoms with Gasteiger partial charge in [-0.15, -0.1) is 0 Å². The molecule has 2 aliphatic rings. The molecule has 1 aromatic carbocycles. The molecule has 2 saturated heterocycles. The molecule has 0 bridgehead atoms. The van der Waals surface area contributed by atoms with Crippen LogP contribution >= 0.6 is 0 Å². The SMILES string of the molecule is CO[C@@H]1[C@H]2OC(C)(C)O[C@H]2O[C@@H]1[C@@H](CN)C(=O)OCc1ccccc1. The predicted molar refractivity (Wildman–Crippen MR) is 88.3 cm³/mol. The van der Waals surface area contributed by atoms with E-state index in [2.05, 4.69) is 0 Å². The third-order valence-corrected chi connectivity index (χ3v) is 4.48. The Kier molecular flexibility index (Phi) is 5.41. The van der Waals surface area contributed by atoms with Crippen LogP contribution < -0.4 is 5.73 Å². The van der Waals surface area contributed by atoms with Gasteiger partial charge >= 0.3 is 5.97 Å². The zero-order valence-electron chi connectivity index (χ0n) is 14.7. The summed E-state index contributed by atoms with van der Waals surface area (Å²) in [5, 5.41) is 0. The number of fused-ring (bicyclic) bond motifs is 1. The molecule has 0 unspecified atom stereocenters. The number of methoxy groups -OCH3 is 1. The fourth-order valence-corrected chi connectivity index (χ4v) is 3.30. The number of benzene rings is 1. The van der Waals surface area contributed by atoms with Crippen molar-refractivity contribution < 1.29 is 28.5 Å². The molecule has 2 fully saturated rings. The summed E-state index contributed by atoms with van der Waals surface area (Å²) in [6, 6.07) is 9.47. The first-order valence-electron chi connectivity index (χ1n) is 8.39. The molecule has 25 heavy (non-hydrogen) atoms. The Labute approximate surface area is 147 Å². The summed E-state index contributed by atoms with van der Waals surface area (Å²) in [7, 11) is 1.56. The highest BCUT2D eigenvalue weighted by molar-refractivity contribution is 5.73. The van der Waals surface area contributed by atoms with Crippen LogP contribution in [0.15, 0.2) is 30.3 Å². The molecule has 1 aromatic rings. The smallest absolute Gasteiger partial charge is 0.313 e. The molecule has 0 spiro atoms. The Morgan fingerprint density at radius 2 is 2.00 bits per heavy atom. The monoisotopic (exact) mass is 351 g/mol. The molecular formula is C18H25NO6. The highest BCUT2D eigenvalue weighted by Crippen LogP contribution is 2.40. The molecule has 7 nitrogen and oxygen atoms in total. The summed E-state index contributed by atoms with van der Waals surface area (Å²) in [5.74, 6) is -1.82. The molecule has 5 atom stereocenters. The molecule has 2 N–H and O–H groups in total. The van der Waals surface area contributed by atoms with Gasteiger partial charge in [-0.25, -0.2) is 0 Å². The van der Waals surface area contributed by atoms with E-state index in [1.807, 2.05) is 44.2 Å². The minimum atomic E-state index is -0.747. The number of nitrogens with two attached hydrogens (primary N) is 1.